The van der Waals surface area contributed by atoms with Crippen LogP contribution in [0.3, 0.4) is 0 Å². The maximum Gasteiger partial charge on any atom is 0.228 e. The number of amides is 1. The molecule has 0 aromatic heterocycles. The molecule has 0 aliphatic carbocycles. The molecule has 118 valence electrons. The molecule has 0 saturated carbocycles. The van der Waals surface area contributed by atoms with Crippen molar-refractivity contribution in [2.45, 2.75) is 39.0 Å². The summed E-state index contributed by atoms with van der Waals surface area (Å²) in [5.41, 5.74) is -0.344. The quantitative estimate of drug-likeness (QED) is 0.595. The van der Waals surface area contributed by atoms with E-state index < -0.39 is 0 Å². The minimum Gasteiger partial charge on any atom is -0.384 e. The Hall–Kier alpha value is -0.650. The van der Waals surface area contributed by atoms with Crippen LogP contribution in [-0.2, 0) is 14.3 Å². The maximum atomic E-state index is 12.4. The van der Waals surface area contributed by atoms with E-state index in [9.17, 15) is 4.79 Å². The van der Waals surface area contributed by atoms with Gasteiger partial charge in [0.15, 0.2) is 0 Å². The minimum absolute atomic E-state index is 0.134. The van der Waals surface area contributed by atoms with E-state index in [4.69, 9.17) is 9.47 Å². The van der Waals surface area contributed by atoms with E-state index in [2.05, 4.69) is 17.6 Å². The molecule has 0 atom stereocenters. The predicted octanol–water partition coefficient (Wildman–Crippen LogP) is 1.33. The lowest BCUT2D eigenvalue weighted by molar-refractivity contribution is -0.136. The molecule has 0 bridgehead atoms. The number of ether oxygens (including phenoxy) is 2. The topological polar surface area (TPSA) is 59.6 Å². The van der Waals surface area contributed by atoms with Crippen LogP contribution in [0.4, 0.5) is 0 Å². The molecule has 2 N–H and O–H groups in total. The minimum atomic E-state index is -0.344. The number of piperidine rings is 1. The highest BCUT2D eigenvalue weighted by molar-refractivity contribution is 5.82. The first kappa shape index (κ1) is 17.4. The van der Waals surface area contributed by atoms with Crippen LogP contribution < -0.4 is 10.6 Å². The third-order valence-electron chi connectivity index (χ3n) is 3.86. The summed E-state index contributed by atoms with van der Waals surface area (Å²) in [6.07, 6.45) is 4.83. The molecule has 1 rings (SSSR count). The Morgan fingerprint density at radius 2 is 1.95 bits per heavy atom. The summed E-state index contributed by atoms with van der Waals surface area (Å²) in [5.74, 6) is 0.134. The molecule has 1 amide bonds. The van der Waals surface area contributed by atoms with Crippen molar-refractivity contribution < 1.29 is 14.3 Å². The normalized spacial score (nSPS) is 17.9. The van der Waals surface area contributed by atoms with Crippen LogP contribution >= 0.6 is 0 Å². The molecule has 0 aromatic carbocycles. The molecule has 0 unspecified atom stereocenters. The van der Waals surface area contributed by atoms with Gasteiger partial charge in [0.25, 0.3) is 0 Å². The van der Waals surface area contributed by atoms with Crippen molar-refractivity contribution >= 4 is 5.91 Å². The summed E-state index contributed by atoms with van der Waals surface area (Å²) in [6.45, 7) is 6.66. The van der Waals surface area contributed by atoms with Gasteiger partial charge in [-0.05, 0) is 38.8 Å². The van der Waals surface area contributed by atoms with Gasteiger partial charge in [-0.2, -0.15) is 0 Å². The standard InChI is InChI=1S/C15H30N2O3/c1-3-4-11-20-12-5-8-17-14(18)15(13-19-2)6-9-16-10-7-15/h16H,3-13H2,1-2H3,(H,17,18). The van der Waals surface area contributed by atoms with E-state index in [0.717, 1.165) is 58.4 Å². The van der Waals surface area contributed by atoms with Gasteiger partial charge in [-0.1, -0.05) is 13.3 Å². The maximum absolute atomic E-state index is 12.4. The zero-order chi connectivity index (χ0) is 14.7. The highest BCUT2D eigenvalue weighted by atomic mass is 16.5. The highest BCUT2D eigenvalue weighted by Gasteiger charge is 2.39. The third kappa shape index (κ3) is 5.77. The van der Waals surface area contributed by atoms with Crippen molar-refractivity contribution in [3.05, 3.63) is 0 Å². The second-order valence-electron chi connectivity index (χ2n) is 5.54. The van der Waals surface area contributed by atoms with Crippen LogP contribution in [0, 0.1) is 5.41 Å². The first-order chi connectivity index (χ1) is 9.75. The molecule has 5 nitrogen and oxygen atoms in total. The lowest BCUT2D eigenvalue weighted by atomic mass is 9.78. The molecule has 1 saturated heterocycles. The van der Waals surface area contributed by atoms with Gasteiger partial charge < -0.3 is 20.1 Å². The van der Waals surface area contributed by atoms with Crippen molar-refractivity contribution in [1.82, 2.24) is 10.6 Å². The summed E-state index contributed by atoms with van der Waals surface area (Å²) in [6, 6.07) is 0. The molecule has 1 aliphatic heterocycles. The number of hydrogen-bond acceptors (Lipinski definition) is 4. The SMILES string of the molecule is CCCCOCCCNC(=O)C1(COC)CCNCC1. The fraction of sp³-hybridized carbons (Fsp3) is 0.933. The van der Waals surface area contributed by atoms with Gasteiger partial charge in [-0.3, -0.25) is 4.79 Å². The Morgan fingerprint density at radius 3 is 2.60 bits per heavy atom. The van der Waals surface area contributed by atoms with Gasteiger partial charge >= 0.3 is 0 Å². The molecular weight excluding hydrogens is 256 g/mol. The zero-order valence-electron chi connectivity index (χ0n) is 13.0. The van der Waals surface area contributed by atoms with Crippen LogP contribution in [0.25, 0.3) is 0 Å². The van der Waals surface area contributed by atoms with Crippen molar-refractivity contribution in [2.75, 3.05) is 46.6 Å². The Kier molecular flexibility index (Phi) is 8.82. The Morgan fingerprint density at radius 1 is 1.25 bits per heavy atom. The van der Waals surface area contributed by atoms with Crippen LogP contribution in [0.15, 0.2) is 0 Å². The Labute approximate surface area is 122 Å². The van der Waals surface area contributed by atoms with Crippen molar-refractivity contribution in [2.24, 2.45) is 5.41 Å². The van der Waals surface area contributed by atoms with Gasteiger partial charge in [-0.25, -0.2) is 0 Å². The molecule has 1 heterocycles. The van der Waals surface area contributed by atoms with Crippen molar-refractivity contribution in [3.63, 3.8) is 0 Å². The highest BCUT2D eigenvalue weighted by Crippen LogP contribution is 2.29. The average molecular weight is 286 g/mol. The van der Waals surface area contributed by atoms with E-state index in [-0.39, 0.29) is 11.3 Å². The summed E-state index contributed by atoms with van der Waals surface area (Å²) < 4.78 is 10.8. The predicted molar refractivity (Wildman–Crippen MR) is 79.8 cm³/mol. The average Bonchev–Trinajstić information content (AvgIpc) is 2.47. The van der Waals surface area contributed by atoms with E-state index in [1.807, 2.05) is 0 Å². The van der Waals surface area contributed by atoms with Crippen molar-refractivity contribution in [1.29, 1.82) is 0 Å². The van der Waals surface area contributed by atoms with E-state index >= 15 is 0 Å². The number of unbranched alkanes of at least 4 members (excludes halogenated alkanes) is 1. The fourth-order valence-electron chi connectivity index (χ4n) is 2.53. The molecule has 0 aromatic rings. The fourth-order valence-corrected chi connectivity index (χ4v) is 2.53. The largest absolute Gasteiger partial charge is 0.384 e. The Bertz CT molecular complexity index is 260. The van der Waals surface area contributed by atoms with Gasteiger partial charge in [0.05, 0.1) is 12.0 Å². The molecule has 1 fully saturated rings. The van der Waals surface area contributed by atoms with Crippen LogP contribution in [0.2, 0.25) is 0 Å². The molecule has 5 heteroatoms. The second kappa shape index (κ2) is 10.1. The van der Waals surface area contributed by atoms with Gasteiger partial charge in [-0.15, -0.1) is 0 Å². The van der Waals surface area contributed by atoms with Crippen LogP contribution in [-0.4, -0.2) is 52.5 Å². The number of carbonyl (C=O) groups is 1. The van der Waals surface area contributed by atoms with Gasteiger partial charge in [0, 0.05) is 26.9 Å². The van der Waals surface area contributed by atoms with E-state index in [1.54, 1.807) is 7.11 Å². The number of rotatable bonds is 10. The number of nitrogens with one attached hydrogen (secondary N) is 2. The zero-order valence-corrected chi connectivity index (χ0v) is 13.0. The van der Waals surface area contributed by atoms with Crippen LogP contribution in [0.1, 0.15) is 39.0 Å². The van der Waals surface area contributed by atoms with Crippen LogP contribution in [0.5, 0.6) is 0 Å². The molecular formula is C15H30N2O3. The number of methoxy groups -OCH3 is 1. The summed E-state index contributed by atoms with van der Waals surface area (Å²) in [5, 5.41) is 6.34. The molecule has 0 radical (unpaired) electrons. The lowest BCUT2D eigenvalue weighted by Gasteiger charge is -2.35. The second-order valence-corrected chi connectivity index (χ2v) is 5.54. The van der Waals surface area contributed by atoms with E-state index in [0.29, 0.717) is 13.2 Å². The third-order valence-corrected chi connectivity index (χ3v) is 3.86. The summed E-state index contributed by atoms with van der Waals surface area (Å²) >= 11 is 0. The molecule has 1 aliphatic rings. The summed E-state index contributed by atoms with van der Waals surface area (Å²) in [4.78, 5) is 12.4. The molecule has 0 spiro atoms. The van der Waals surface area contributed by atoms with Gasteiger partial charge in [0.1, 0.15) is 0 Å². The van der Waals surface area contributed by atoms with Crippen molar-refractivity contribution in [3.8, 4) is 0 Å². The monoisotopic (exact) mass is 286 g/mol. The van der Waals surface area contributed by atoms with Gasteiger partial charge in [0.2, 0.25) is 5.91 Å². The summed E-state index contributed by atoms with van der Waals surface area (Å²) in [7, 11) is 1.67. The first-order valence-corrected chi connectivity index (χ1v) is 7.81. The first-order valence-electron chi connectivity index (χ1n) is 7.81. The Balaban J connectivity index is 2.21. The van der Waals surface area contributed by atoms with E-state index in [1.165, 1.54) is 0 Å². The smallest absolute Gasteiger partial charge is 0.228 e. The molecule has 20 heavy (non-hydrogen) atoms. The lowest BCUT2D eigenvalue weighted by Crippen LogP contribution is -2.50. The number of carbonyl (C=O) groups excluding carboxylic acids is 1. The number of hydrogen-bond donors (Lipinski definition) is 2.